The molecule has 0 spiro atoms. The predicted molar refractivity (Wildman–Crippen MR) is 69.7 cm³/mol. The van der Waals surface area contributed by atoms with E-state index in [1.54, 1.807) is 0 Å². The number of amides is 1. The number of nitrogens with one attached hydrogen (secondary N) is 1. The number of benzene rings is 1. The van der Waals surface area contributed by atoms with Crippen LogP contribution in [0.4, 0.5) is 5.69 Å². The summed E-state index contributed by atoms with van der Waals surface area (Å²) < 4.78 is 1.08. The van der Waals surface area contributed by atoms with Crippen molar-refractivity contribution in [2.75, 3.05) is 5.32 Å². The molecule has 2 nitrogen and oxygen atoms in total. The van der Waals surface area contributed by atoms with Crippen molar-refractivity contribution in [2.45, 2.75) is 12.8 Å². The van der Waals surface area contributed by atoms with Crippen LogP contribution in [0.15, 0.2) is 36.4 Å². The van der Waals surface area contributed by atoms with Gasteiger partial charge in [-0.2, -0.15) is 0 Å². The highest BCUT2D eigenvalue weighted by molar-refractivity contribution is 14.1. The van der Waals surface area contributed by atoms with Crippen molar-refractivity contribution < 1.29 is 4.79 Å². The monoisotopic (exact) mass is 313 g/mol. The summed E-state index contributed by atoms with van der Waals surface area (Å²) in [5, 5.41) is 2.97. The Morgan fingerprint density at radius 1 is 1.27 bits per heavy atom. The molecule has 0 saturated carbocycles. The topological polar surface area (TPSA) is 29.1 Å². The van der Waals surface area contributed by atoms with Gasteiger partial charge in [-0.1, -0.05) is 24.3 Å². The fourth-order valence-corrected chi connectivity index (χ4v) is 2.15. The maximum atomic E-state index is 11.8. The predicted octanol–water partition coefficient (Wildman–Crippen LogP) is 3.20. The lowest BCUT2D eigenvalue weighted by molar-refractivity contribution is -0.119. The fourth-order valence-electron chi connectivity index (χ4n) is 1.63. The van der Waals surface area contributed by atoms with Gasteiger partial charge in [-0.05, 0) is 47.6 Å². The van der Waals surface area contributed by atoms with Crippen LogP contribution < -0.4 is 5.32 Å². The largest absolute Gasteiger partial charge is 0.325 e. The van der Waals surface area contributed by atoms with E-state index in [9.17, 15) is 4.79 Å². The van der Waals surface area contributed by atoms with E-state index >= 15 is 0 Å². The number of hydrogen-bond donors (Lipinski definition) is 1. The highest BCUT2D eigenvalue weighted by Crippen LogP contribution is 2.22. The van der Waals surface area contributed by atoms with Gasteiger partial charge in [0.25, 0.3) is 0 Å². The van der Waals surface area contributed by atoms with Crippen LogP contribution >= 0.6 is 22.6 Å². The summed E-state index contributed by atoms with van der Waals surface area (Å²) in [6, 6.07) is 7.82. The Bertz CT molecular complexity index is 392. The highest BCUT2D eigenvalue weighted by Gasteiger charge is 2.19. The molecule has 0 atom stereocenters. The minimum absolute atomic E-state index is 0.126. The standard InChI is InChI=1S/C12H12INO/c13-10-7-3-4-8-11(10)14-12(15)9-5-1-2-6-9/h1-4,7-9H,5-6H2,(H,14,15). The lowest BCUT2D eigenvalue weighted by atomic mass is 10.1. The molecule has 1 aliphatic carbocycles. The first-order valence-electron chi connectivity index (χ1n) is 4.98. The van der Waals surface area contributed by atoms with Crippen LogP contribution in [0.2, 0.25) is 0 Å². The SMILES string of the molecule is O=C(Nc1ccccc1I)C1CC=CC1. The molecule has 15 heavy (non-hydrogen) atoms. The van der Waals surface area contributed by atoms with Crippen molar-refractivity contribution in [3.63, 3.8) is 0 Å². The Morgan fingerprint density at radius 3 is 2.60 bits per heavy atom. The van der Waals surface area contributed by atoms with Crippen molar-refractivity contribution in [2.24, 2.45) is 5.92 Å². The second-order valence-corrected chi connectivity index (χ2v) is 4.77. The Morgan fingerprint density at radius 2 is 1.93 bits per heavy atom. The van der Waals surface area contributed by atoms with Crippen molar-refractivity contribution in [1.29, 1.82) is 0 Å². The van der Waals surface area contributed by atoms with E-state index in [1.807, 2.05) is 24.3 Å². The van der Waals surface area contributed by atoms with Gasteiger partial charge in [0.2, 0.25) is 5.91 Å². The molecule has 0 heterocycles. The molecule has 0 radical (unpaired) electrons. The van der Waals surface area contributed by atoms with Crippen LogP contribution in [-0.2, 0) is 4.79 Å². The minimum Gasteiger partial charge on any atom is -0.325 e. The Hall–Kier alpha value is -0.840. The first-order valence-corrected chi connectivity index (χ1v) is 6.05. The van der Waals surface area contributed by atoms with Gasteiger partial charge in [0.15, 0.2) is 0 Å². The number of carbonyl (C=O) groups excluding carboxylic acids is 1. The first-order chi connectivity index (χ1) is 7.27. The summed E-state index contributed by atoms with van der Waals surface area (Å²) in [6.07, 6.45) is 5.88. The maximum absolute atomic E-state index is 11.8. The molecule has 1 aliphatic rings. The zero-order chi connectivity index (χ0) is 10.7. The smallest absolute Gasteiger partial charge is 0.228 e. The molecule has 1 amide bonds. The third-order valence-electron chi connectivity index (χ3n) is 2.51. The molecule has 0 fully saturated rings. The van der Waals surface area contributed by atoms with Crippen LogP contribution in [0.3, 0.4) is 0 Å². The molecule has 1 N–H and O–H groups in total. The molecule has 78 valence electrons. The summed E-state index contributed by atoms with van der Waals surface area (Å²) in [5.74, 6) is 0.255. The molecule has 0 saturated heterocycles. The number of anilines is 1. The average Bonchev–Trinajstić information content (AvgIpc) is 2.74. The molecule has 0 aliphatic heterocycles. The molecule has 0 unspecified atom stereocenters. The van der Waals surface area contributed by atoms with Gasteiger partial charge in [-0.3, -0.25) is 4.79 Å². The van der Waals surface area contributed by atoms with Crippen LogP contribution in [0.1, 0.15) is 12.8 Å². The summed E-state index contributed by atoms with van der Waals surface area (Å²) >= 11 is 2.23. The van der Waals surface area contributed by atoms with E-state index in [0.717, 1.165) is 22.1 Å². The lowest BCUT2D eigenvalue weighted by Crippen LogP contribution is -2.20. The Labute approximate surface area is 103 Å². The second kappa shape index (κ2) is 4.79. The zero-order valence-corrected chi connectivity index (χ0v) is 10.4. The highest BCUT2D eigenvalue weighted by atomic mass is 127. The average molecular weight is 313 g/mol. The quantitative estimate of drug-likeness (QED) is 0.659. The van der Waals surface area contributed by atoms with E-state index in [1.165, 1.54) is 0 Å². The summed E-state index contributed by atoms with van der Waals surface area (Å²) in [6.45, 7) is 0. The van der Waals surface area contributed by atoms with Gasteiger partial charge >= 0.3 is 0 Å². The van der Waals surface area contributed by atoms with Crippen LogP contribution in [0.25, 0.3) is 0 Å². The summed E-state index contributed by atoms with van der Waals surface area (Å²) in [4.78, 5) is 11.8. The van der Waals surface area contributed by atoms with E-state index in [-0.39, 0.29) is 11.8 Å². The number of rotatable bonds is 2. The third kappa shape index (κ3) is 2.59. The number of hydrogen-bond acceptors (Lipinski definition) is 1. The summed E-state index contributed by atoms with van der Waals surface area (Å²) in [7, 11) is 0. The Balaban J connectivity index is 2.02. The van der Waals surface area contributed by atoms with Gasteiger partial charge < -0.3 is 5.32 Å². The van der Waals surface area contributed by atoms with Crippen molar-refractivity contribution in [1.82, 2.24) is 0 Å². The molecule has 0 aromatic heterocycles. The van der Waals surface area contributed by atoms with Crippen LogP contribution in [0, 0.1) is 9.49 Å². The van der Waals surface area contributed by atoms with E-state index in [4.69, 9.17) is 0 Å². The fraction of sp³-hybridized carbons (Fsp3) is 0.250. The van der Waals surface area contributed by atoms with Gasteiger partial charge in [0.1, 0.15) is 0 Å². The van der Waals surface area contributed by atoms with E-state index in [0.29, 0.717) is 0 Å². The zero-order valence-electron chi connectivity index (χ0n) is 8.24. The number of allylic oxidation sites excluding steroid dienone is 2. The minimum atomic E-state index is 0.126. The third-order valence-corrected chi connectivity index (χ3v) is 3.45. The molecule has 0 bridgehead atoms. The van der Waals surface area contributed by atoms with Crippen LogP contribution in [0.5, 0.6) is 0 Å². The van der Waals surface area contributed by atoms with Gasteiger partial charge in [0.05, 0.1) is 5.69 Å². The number of halogens is 1. The van der Waals surface area contributed by atoms with Crippen LogP contribution in [-0.4, -0.2) is 5.91 Å². The first kappa shape index (κ1) is 10.7. The molecule has 3 heteroatoms. The van der Waals surface area contributed by atoms with Crippen molar-refractivity contribution in [3.8, 4) is 0 Å². The Kier molecular flexibility index (Phi) is 3.41. The van der Waals surface area contributed by atoms with Crippen molar-refractivity contribution >= 4 is 34.2 Å². The number of para-hydroxylation sites is 1. The molecule has 2 rings (SSSR count). The van der Waals surface area contributed by atoms with E-state index in [2.05, 4.69) is 40.1 Å². The second-order valence-electron chi connectivity index (χ2n) is 3.61. The molecular formula is C12H12INO. The van der Waals surface area contributed by atoms with Gasteiger partial charge in [0, 0.05) is 9.49 Å². The molecule has 1 aromatic carbocycles. The number of carbonyl (C=O) groups is 1. The normalized spacial score (nSPS) is 15.5. The van der Waals surface area contributed by atoms with Crippen molar-refractivity contribution in [3.05, 3.63) is 40.0 Å². The van der Waals surface area contributed by atoms with E-state index < -0.39 is 0 Å². The molecule has 1 aromatic rings. The van der Waals surface area contributed by atoms with Gasteiger partial charge in [-0.15, -0.1) is 0 Å². The molecular weight excluding hydrogens is 301 g/mol. The summed E-state index contributed by atoms with van der Waals surface area (Å²) in [5.41, 5.74) is 0.912. The lowest BCUT2D eigenvalue weighted by Gasteiger charge is -2.11. The van der Waals surface area contributed by atoms with Gasteiger partial charge in [-0.25, -0.2) is 0 Å². The maximum Gasteiger partial charge on any atom is 0.228 e.